The van der Waals surface area contributed by atoms with Crippen molar-refractivity contribution in [1.82, 2.24) is 9.38 Å². The number of rotatable bonds is 6. The average Bonchev–Trinajstić information content (AvgIpc) is 3.28. The molecule has 2 aromatic carbocycles. The molecule has 4 aromatic rings. The van der Waals surface area contributed by atoms with Crippen LogP contribution in [0.3, 0.4) is 0 Å². The van der Waals surface area contributed by atoms with Gasteiger partial charge in [-0.15, -0.1) is 11.3 Å². The first kappa shape index (κ1) is 17.7. The van der Waals surface area contributed by atoms with Crippen LogP contribution in [0.15, 0.2) is 60.1 Å². The lowest BCUT2D eigenvalue weighted by Crippen LogP contribution is -1.99. The molecule has 28 heavy (non-hydrogen) atoms. The minimum absolute atomic E-state index is 0.0833. The third kappa shape index (κ3) is 3.30. The molecule has 0 saturated heterocycles. The topological polar surface area (TPSA) is 107 Å². The fourth-order valence-corrected chi connectivity index (χ4v) is 3.65. The number of aromatic carboxylic acids is 1. The summed E-state index contributed by atoms with van der Waals surface area (Å²) >= 11 is 1.25. The predicted molar refractivity (Wildman–Crippen MR) is 103 cm³/mol. The van der Waals surface area contributed by atoms with Crippen molar-refractivity contribution >= 4 is 28.0 Å². The summed E-state index contributed by atoms with van der Waals surface area (Å²) in [6.07, 6.45) is 1.39. The molecule has 2 aromatic heterocycles. The van der Waals surface area contributed by atoms with Crippen LogP contribution < -0.4 is 4.74 Å². The van der Waals surface area contributed by atoms with E-state index in [4.69, 9.17) is 9.84 Å². The Morgan fingerprint density at radius 1 is 1.25 bits per heavy atom. The summed E-state index contributed by atoms with van der Waals surface area (Å²) in [5, 5.41) is 22.2. The third-order valence-corrected chi connectivity index (χ3v) is 4.96. The number of carboxylic acid groups (broad SMARTS) is 1. The minimum Gasteiger partial charge on any atom is -0.488 e. The number of nitro groups is 1. The van der Waals surface area contributed by atoms with Gasteiger partial charge in [-0.1, -0.05) is 30.3 Å². The molecule has 0 amide bonds. The normalized spacial score (nSPS) is 10.9. The Balaban J connectivity index is 1.78. The molecule has 0 aliphatic carbocycles. The molecule has 0 radical (unpaired) electrons. The highest BCUT2D eigenvalue weighted by molar-refractivity contribution is 7.15. The summed E-state index contributed by atoms with van der Waals surface area (Å²) in [6, 6.07) is 13.9. The maximum Gasteiger partial charge on any atom is 0.356 e. The number of thiazole rings is 1. The van der Waals surface area contributed by atoms with Crippen LogP contribution in [0.2, 0.25) is 0 Å². The van der Waals surface area contributed by atoms with Crippen molar-refractivity contribution in [2.24, 2.45) is 0 Å². The number of hydrogen-bond donors (Lipinski definition) is 1. The SMILES string of the molecule is O=C(O)c1cn2c(-c3cc([N+](=O)[O-])ccc3OCc3ccccc3)csc2n1. The van der Waals surface area contributed by atoms with Gasteiger partial charge in [0.2, 0.25) is 0 Å². The second-order valence-corrected chi connectivity index (χ2v) is 6.75. The van der Waals surface area contributed by atoms with Gasteiger partial charge in [0, 0.05) is 29.3 Å². The monoisotopic (exact) mass is 395 g/mol. The quantitative estimate of drug-likeness (QED) is 0.386. The van der Waals surface area contributed by atoms with Gasteiger partial charge in [-0.3, -0.25) is 14.5 Å². The van der Waals surface area contributed by atoms with Crippen LogP contribution in [0, 0.1) is 10.1 Å². The molecule has 0 aliphatic rings. The Labute approximate surface area is 162 Å². The van der Waals surface area contributed by atoms with Crippen LogP contribution in [0.4, 0.5) is 5.69 Å². The number of carbonyl (C=O) groups is 1. The Hall–Kier alpha value is -3.72. The smallest absolute Gasteiger partial charge is 0.356 e. The van der Waals surface area contributed by atoms with E-state index in [9.17, 15) is 14.9 Å². The van der Waals surface area contributed by atoms with Crippen molar-refractivity contribution in [3.63, 3.8) is 0 Å². The lowest BCUT2D eigenvalue weighted by Gasteiger charge is -2.11. The van der Waals surface area contributed by atoms with E-state index in [2.05, 4.69) is 4.98 Å². The van der Waals surface area contributed by atoms with Gasteiger partial charge in [-0.2, -0.15) is 0 Å². The molecule has 0 bridgehead atoms. The number of ether oxygens (including phenoxy) is 1. The molecule has 0 spiro atoms. The molecule has 8 nitrogen and oxygen atoms in total. The zero-order valence-corrected chi connectivity index (χ0v) is 15.1. The molecule has 9 heteroatoms. The molecular weight excluding hydrogens is 382 g/mol. The Kier molecular flexibility index (Phi) is 4.50. The van der Waals surface area contributed by atoms with Crippen LogP contribution >= 0.6 is 11.3 Å². The predicted octanol–water partition coefficient (Wildman–Crippen LogP) is 4.25. The van der Waals surface area contributed by atoms with E-state index in [1.54, 1.807) is 15.8 Å². The van der Waals surface area contributed by atoms with E-state index in [1.807, 2.05) is 30.3 Å². The van der Waals surface area contributed by atoms with Crippen LogP contribution in [-0.4, -0.2) is 25.4 Å². The van der Waals surface area contributed by atoms with E-state index in [1.165, 1.54) is 29.7 Å². The van der Waals surface area contributed by atoms with Crippen molar-refractivity contribution in [2.45, 2.75) is 6.61 Å². The van der Waals surface area contributed by atoms with E-state index in [-0.39, 0.29) is 11.4 Å². The highest BCUT2D eigenvalue weighted by Gasteiger charge is 2.19. The molecule has 0 unspecified atom stereocenters. The minimum atomic E-state index is -1.14. The Morgan fingerprint density at radius 3 is 2.75 bits per heavy atom. The van der Waals surface area contributed by atoms with E-state index in [0.29, 0.717) is 28.6 Å². The summed E-state index contributed by atoms with van der Waals surface area (Å²) in [4.78, 5) is 26.5. The summed E-state index contributed by atoms with van der Waals surface area (Å²) in [5.74, 6) is -0.679. The van der Waals surface area contributed by atoms with Gasteiger partial charge in [-0.05, 0) is 11.6 Å². The van der Waals surface area contributed by atoms with Gasteiger partial charge < -0.3 is 9.84 Å². The summed E-state index contributed by atoms with van der Waals surface area (Å²) in [6.45, 7) is 0.295. The second-order valence-electron chi connectivity index (χ2n) is 5.92. The molecule has 0 atom stereocenters. The lowest BCUT2D eigenvalue weighted by atomic mass is 10.1. The highest BCUT2D eigenvalue weighted by atomic mass is 32.1. The third-order valence-electron chi connectivity index (χ3n) is 4.12. The fraction of sp³-hybridized carbons (Fsp3) is 0.0526. The summed E-state index contributed by atoms with van der Waals surface area (Å²) < 4.78 is 7.52. The molecule has 1 N–H and O–H groups in total. The van der Waals surface area contributed by atoms with Gasteiger partial charge in [0.15, 0.2) is 10.7 Å². The van der Waals surface area contributed by atoms with Crippen molar-refractivity contribution in [2.75, 3.05) is 0 Å². The zero-order valence-electron chi connectivity index (χ0n) is 14.3. The summed E-state index contributed by atoms with van der Waals surface area (Å²) in [5.41, 5.74) is 1.85. The van der Waals surface area contributed by atoms with Gasteiger partial charge in [0.1, 0.15) is 12.4 Å². The number of carboxylic acids is 1. The fourth-order valence-electron chi connectivity index (χ4n) is 2.77. The lowest BCUT2D eigenvalue weighted by molar-refractivity contribution is -0.384. The molecule has 0 fully saturated rings. The number of non-ortho nitro benzene ring substituents is 1. The van der Waals surface area contributed by atoms with Crippen LogP contribution in [0.5, 0.6) is 5.75 Å². The number of benzene rings is 2. The first-order chi connectivity index (χ1) is 13.5. The van der Waals surface area contributed by atoms with E-state index in [0.717, 1.165) is 5.56 Å². The molecule has 0 aliphatic heterocycles. The molecular formula is C19H13N3O5S. The maximum atomic E-state index is 11.2. The zero-order chi connectivity index (χ0) is 19.7. The highest BCUT2D eigenvalue weighted by Crippen LogP contribution is 2.36. The number of nitro benzene ring substituents is 1. The molecule has 0 saturated carbocycles. The van der Waals surface area contributed by atoms with Crippen molar-refractivity contribution in [1.29, 1.82) is 0 Å². The van der Waals surface area contributed by atoms with Crippen LogP contribution in [0.25, 0.3) is 16.2 Å². The number of imidazole rings is 1. The Bertz CT molecular complexity index is 1180. The van der Waals surface area contributed by atoms with Gasteiger partial charge in [-0.25, -0.2) is 9.78 Å². The first-order valence-electron chi connectivity index (χ1n) is 8.18. The number of nitrogens with zero attached hydrogens (tertiary/aromatic N) is 3. The molecule has 4 rings (SSSR count). The molecule has 140 valence electrons. The van der Waals surface area contributed by atoms with Crippen molar-refractivity contribution < 1.29 is 19.6 Å². The van der Waals surface area contributed by atoms with Gasteiger partial charge >= 0.3 is 5.97 Å². The molecule has 2 heterocycles. The first-order valence-corrected chi connectivity index (χ1v) is 9.06. The number of aromatic nitrogens is 2. The van der Waals surface area contributed by atoms with Crippen molar-refractivity contribution in [3.8, 4) is 17.0 Å². The maximum absolute atomic E-state index is 11.2. The van der Waals surface area contributed by atoms with Crippen molar-refractivity contribution in [3.05, 3.63) is 81.5 Å². The summed E-state index contributed by atoms with van der Waals surface area (Å²) in [7, 11) is 0. The van der Waals surface area contributed by atoms with E-state index < -0.39 is 10.9 Å². The standard InChI is InChI=1S/C19H13N3O5S/c23-18(24)15-9-21-16(11-28-19(21)20-15)14-8-13(22(25)26)6-7-17(14)27-10-12-4-2-1-3-5-12/h1-9,11H,10H2,(H,23,24). The van der Waals surface area contributed by atoms with Gasteiger partial charge in [0.05, 0.1) is 10.6 Å². The average molecular weight is 395 g/mol. The van der Waals surface area contributed by atoms with Gasteiger partial charge in [0.25, 0.3) is 5.69 Å². The van der Waals surface area contributed by atoms with Crippen LogP contribution in [0.1, 0.15) is 16.1 Å². The second kappa shape index (κ2) is 7.12. The number of fused-ring (bicyclic) bond motifs is 1. The Morgan fingerprint density at radius 2 is 2.04 bits per heavy atom. The van der Waals surface area contributed by atoms with Crippen LogP contribution in [-0.2, 0) is 6.61 Å². The van der Waals surface area contributed by atoms with E-state index >= 15 is 0 Å². The number of hydrogen-bond acceptors (Lipinski definition) is 6. The largest absolute Gasteiger partial charge is 0.488 e.